The average molecular weight is 476 g/mol. The van der Waals surface area contributed by atoms with Gasteiger partial charge >= 0.3 is 6.18 Å². The van der Waals surface area contributed by atoms with Crippen LogP contribution in [0.2, 0.25) is 0 Å². The first-order valence-electron chi connectivity index (χ1n) is 10.2. The molecule has 13 heteroatoms. The van der Waals surface area contributed by atoms with Crippen molar-refractivity contribution < 1.29 is 18.0 Å². The van der Waals surface area contributed by atoms with Crippen LogP contribution in [0.15, 0.2) is 41.5 Å². The van der Waals surface area contributed by atoms with Crippen molar-refractivity contribution in [3.05, 3.63) is 47.0 Å². The molecule has 0 radical (unpaired) electrons. The Bertz CT molecular complexity index is 1400. The number of benzene rings is 1. The van der Waals surface area contributed by atoms with Gasteiger partial charge in [-0.05, 0) is 37.1 Å². The van der Waals surface area contributed by atoms with E-state index in [9.17, 15) is 18.0 Å². The zero-order valence-electron chi connectivity index (χ0n) is 17.5. The number of nitrogens with one attached hydrogen (secondary N) is 1. The summed E-state index contributed by atoms with van der Waals surface area (Å²) in [6.07, 6.45) is -3.58. The van der Waals surface area contributed by atoms with E-state index in [1.54, 1.807) is 6.07 Å². The number of nitrogens with zero attached hydrogens (tertiary/aromatic N) is 7. The molecule has 172 valence electrons. The predicted octanol–water partition coefficient (Wildman–Crippen LogP) is 2.54. The van der Waals surface area contributed by atoms with Crippen molar-refractivity contribution in [3.63, 3.8) is 0 Å². The SMILES string of the molecule is Cn1/c(=N\NC(=O)C2CCN(c3ccc4nnc(C(F)(F)F)n4n3)CC2)sc2ccccc21. The number of anilines is 1. The Morgan fingerprint density at radius 3 is 2.64 bits per heavy atom. The fraction of sp³-hybridized carbons (Fsp3) is 0.350. The molecule has 1 fully saturated rings. The van der Waals surface area contributed by atoms with Crippen molar-refractivity contribution in [1.82, 2.24) is 29.8 Å². The van der Waals surface area contributed by atoms with Crippen LogP contribution in [0.1, 0.15) is 18.7 Å². The summed E-state index contributed by atoms with van der Waals surface area (Å²) >= 11 is 1.49. The van der Waals surface area contributed by atoms with E-state index >= 15 is 0 Å². The highest BCUT2D eigenvalue weighted by Gasteiger charge is 2.38. The molecule has 3 aromatic heterocycles. The molecule has 4 heterocycles. The van der Waals surface area contributed by atoms with Crippen molar-refractivity contribution >= 4 is 38.9 Å². The molecular formula is C20H19F3N8OS. The fourth-order valence-electron chi connectivity index (χ4n) is 3.88. The Labute approximate surface area is 189 Å². The van der Waals surface area contributed by atoms with E-state index in [-0.39, 0.29) is 17.5 Å². The van der Waals surface area contributed by atoms with Gasteiger partial charge < -0.3 is 9.47 Å². The number of hydrogen-bond donors (Lipinski definition) is 1. The minimum absolute atomic E-state index is 0.0244. The second-order valence-electron chi connectivity index (χ2n) is 7.74. The number of thiazole rings is 1. The molecule has 1 N–H and O–H groups in total. The molecule has 5 rings (SSSR count). The lowest BCUT2D eigenvalue weighted by molar-refractivity contribution is -0.146. The van der Waals surface area contributed by atoms with Crippen molar-refractivity contribution in [2.24, 2.45) is 18.1 Å². The molecular weight excluding hydrogens is 457 g/mol. The first-order valence-corrected chi connectivity index (χ1v) is 11.1. The van der Waals surface area contributed by atoms with Crippen LogP contribution >= 0.6 is 11.3 Å². The summed E-state index contributed by atoms with van der Waals surface area (Å²) in [6.45, 7) is 0.966. The highest BCUT2D eigenvalue weighted by atomic mass is 32.1. The van der Waals surface area contributed by atoms with Gasteiger partial charge in [0, 0.05) is 26.1 Å². The molecule has 1 saturated heterocycles. The van der Waals surface area contributed by atoms with Crippen LogP contribution in [0.4, 0.5) is 19.0 Å². The number of carbonyl (C=O) groups excluding carboxylic acids is 1. The molecule has 1 aliphatic heterocycles. The minimum atomic E-state index is -4.65. The molecule has 1 aromatic carbocycles. The van der Waals surface area contributed by atoms with Crippen LogP contribution in [0.5, 0.6) is 0 Å². The smallest absolute Gasteiger partial charge is 0.355 e. The first kappa shape index (κ1) is 21.4. The second-order valence-corrected chi connectivity index (χ2v) is 8.75. The number of halogens is 3. The van der Waals surface area contributed by atoms with Gasteiger partial charge in [0.25, 0.3) is 5.82 Å². The number of alkyl halides is 3. The molecule has 1 amide bonds. The summed E-state index contributed by atoms with van der Waals surface area (Å²) in [5, 5.41) is 15.1. The summed E-state index contributed by atoms with van der Waals surface area (Å²) in [4.78, 5) is 15.2. The Hall–Kier alpha value is -3.48. The summed E-state index contributed by atoms with van der Waals surface area (Å²) in [5.74, 6) is -1.19. The van der Waals surface area contributed by atoms with E-state index in [1.165, 1.54) is 17.4 Å². The van der Waals surface area contributed by atoms with Gasteiger partial charge in [0.1, 0.15) is 5.82 Å². The van der Waals surface area contributed by atoms with Gasteiger partial charge in [-0.25, -0.2) is 5.43 Å². The summed E-state index contributed by atoms with van der Waals surface area (Å²) in [6, 6.07) is 11.0. The fourth-order valence-corrected chi connectivity index (χ4v) is 4.86. The lowest BCUT2D eigenvalue weighted by Crippen LogP contribution is -2.40. The number of carbonyl (C=O) groups is 1. The average Bonchev–Trinajstić information content (AvgIpc) is 3.38. The van der Waals surface area contributed by atoms with Gasteiger partial charge in [-0.3, -0.25) is 4.79 Å². The second kappa shape index (κ2) is 8.14. The van der Waals surface area contributed by atoms with Crippen molar-refractivity contribution in [3.8, 4) is 0 Å². The number of rotatable bonds is 3. The largest absolute Gasteiger partial charge is 0.453 e. The molecule has 1 aliphatic rings. The van der Waals surface area contributed by atoms with Crippen LogP contribution in [0.3, 0.4) is 0 Å². The van der Waals surface area contributed by atoms with Crippen molar-refractivity contribution in [1.29, 1.82) is 0 Å². The molecule has 0 saturated carbocycles. The minimum Gasteiger partial charge on any atom is -0.355 e. The maximum Gasteiger partial charge on any atom is 0.453 e. The Balaban J connectivity index is 1.26. The van der Waals surface area contributed by atoms with Crippen LogP contribution in [0, 0.1) is 5.92 Å². The monoisotopic (exact) mass is 476 g/mol. The zero-order chi connectivity index (χ0) is 23.2. The highest BCUT2D eigenvalue weighted by molar-refractivity contribution is 7.16. The number of para-hydroxylation sites is 1. The number of hydrogen-bond acceptors (Lipinski definition) is 7. The number of amides is 1. The lowest BCUT2D eigenvalue weighted by atomic mass is 9.96. The van der Waals surface area contributed by atoms with Crippen molar-refractivity contribution in [2.75, 3.05) is 18.0 Å². The van der Waals surface area contributed by atoms with Crippen LogP contribution in [0.25, 0.3) is 15.9 Å². The molecule has 0 atom stereocenters. The zero-order valence-corrected chi connectivity index (χ0v) is 18.3. The number of piperidine rings is 1. The van der Waals surface area contributed by atoms with E-state index in [0.29, 0.717) is 41.1 Å². The van der Waals surface area contributed by atoms with Crippen LogP contribution in [-0.4, -0.2) is 43.4 Å². The predicted molar refractivity (Wildman–Crippen MR) is 115 cm³/mol. The summed E-state index contributed by atoms with van der Waals surface area (Å²) in [7, 11) is 1.89. The Morgan fingerprint density at radius 1 is 1.15 bits per heavy atom. The van der Waals surface area contributed by atoms with Crippen molar-refractivity contribution in [2.45, 2.75) is 19.0 Å². The third kappa shape index (κ3) is 4.03. The van der Waals surface area contributed by atoms with Crippen LogP contribution < -0.4 is 15.1 Å². The van der Waals surface area contributed by atoms with E-state index in [1.807, 2.05) is 40.8 Å². The molecule has 0 aliphatic carbocycles. The molecule has 0 spiro atoms. The van der Waals surface area contributed by atoms with E-state index < -0.39 is 12.0 Å². The number of aromatic nitrogens is 5. The van der Waals surface area contributed by atoms with Gasteiger partial charge in [-0.2, -0.15) is 17.7 Å². The first-order chi connectivity index (χ1) is 15.8. The topological polar surface area (TPSA) is 92.7 Å². The van der Waals surface area contributed by atoms with Gasteiger partial charge in [0.2, 0.25) is 10.7 Å². The van der Waals surface area contributed by atoms with E-state index in [0.717, 1.165) is 10.2 Å². The van der Waals surface area contributed by atoms with Gasteiger partial charge in [0.05, 0.1) is 10.2 Å². The quantitative estimate of drug-likeness (QED) is 0.459. The van der Waals surface area contributed by atoms with E-state index in [4.69, 9.17) is 0 Å². The molecule has 9 nitrogen and oxygen atoms in total. The maximum absolute atomic E-state index is 13.1. The van der Waals surface area contributed by atoms with Gasteiger partial charge in [0.15, 0.2) is 5.65 Å². The lowest BCUT2D eigenvalue weighted by Gasteiger charge is -2.31. The van der Waals surface area contributed by atoms with Crippen LogP contribution in [-0.2, 0) is 18.0 Å². The molecule has 0 unspecified atom stereocenters. The third-order valence-corrected chi connectivity index (χ3v) is 6.78. The number of aryl methyl sites for hydroxylation is 1. The molecule has 0 bridgehead atoms. The Morgan fingerprint density at radius 2 is 1.91 bits per heavy atom. The molecule has 33 heavy (non-hydrogen) atoms. The standard InChI is InChI=1S/C20H19F3N8OS/c1-29-13-4-2-3-5-14(13)33-19(29)27-25-17(32)12-8-10-30(11-9-12)16-7-6-15-24-26-18(20(21,22)23)31(15)28-16/h2-7,12H,8-11H2,1H3,(H,25,32)/b27-19+. The maximum atomic E-state index is 13.1. The summed E-state index contributed by atoms with van der Waals surface area (Å²) in [5.41, 5.74) is 3.73. The summed E-state index contributed by atoms with van der Waals surface area (Å²) < 4.78 is 43.0. The van der Waals surface area contributed by atoms with Gasteiger partial charge in [-0.15, -0.1) is 20.4 Å². The normalized spacial score (nSPS) is 16.1. The van der Waals surface area contributed by atoms with Gasteiger partial charge in [-0.1, -0.05) is 23.5 Å². The molecule has 4 aromatic rings. The van der Waals surface area contributed by atoms with E-state index in [2.05, 4.69) is 25.8 Å². The Kier molecular flexibility index (Phi) is 5.27. The highest BCUT2D eigenvalue weighted by Crippen LogP contribution is 2.28. The third-order valence-electron chi connectivity index (χ3n) is 5.67. The number of fused-ring (bicyclic) bond motifs is 2.